The third kappa shape index (κ3) is 5.37. The van der Waals surface area contributed by atoms with Gasteiger partial charge in [-0.1, -0.05) is 43.4 Å². The van der Waals surface area contributed by atoms with Gasteiger partial charge in [-0.15, -0.1) is 0 Å². The maximum absolute atomic E-state index is 13.2. The lowest BCUT2D eigenvalue weighted by Crippen LogP contribution is -2.22. The fourth-order valence-electron chi connectivity index (χ4n) is 3.53. The first-order valence-corrected chi connectivity index (χ1v) is 15.8. The van der Waals surface area contributed by atoms with E-state index in [9.17, 15) is 13.2 Å². The van der Waals surface area contributed by atoms with E-state index in [1.807, 2.05) is 19.9 Å². The van der Waals surface area contributed by atoms with Gasteiger partial charge in [-0.3, -0.25) is 4.79 Å². The molecular formula is C24H31NO5SSi. The molecule has 0 saturated carbocycles. The third-order valence-corrected chi connectivity index (χ3v) is 8.76. The Balaban J connectivity index is 1.86. The lowest BCUT2D eigenvalue weighted by molar-refractivity contribution is -0.0574. The van der Waals surface area contributed by atoms with E-state index in [4.69, 9.17) is 9.47 Å². The van der Waals surface area contributed by atoms with E-state index in [1.165, 1.54) is 10.2 Å². The summed E-state index contributed by atoms with van der Waals surface area (Å²) in [7, 11) is -4.94. The van der Waals surface area contributed by atoms with Gasteiger partial charge < -0.3 is 9.47 Å². The first-order valence-electron chi connectivity index (χ1n) is 10.6. The molecule has 0 saturated heterocycles. The Morgan fingerprint density at radius 3 is 2.34 bits per heavy atom. The second kappa shape index (κ2) is 9.70. The minimum atomic E-state index is -3.79. The summed E-state index contributed by atoms with van der Waals surface area (Å²) < 4.78 is 38.9. The van der Waals surface area contributed by atoms with Crippen LogP contribution in [-0.2, 0) is 26.1 Å². The predicted octanol–water partition coefficient (Wildman–Crippen LogP) is 5.14. The van der Waals surface area contributed by atoms with Gasteiger partial charge in [0.15, 0.2) is 6.29 Å². The van der Waals surface area contributed by atoms with Gasteiger partial charge in [0, 0.05) is 31.8 Å². The number of hydrogen-bond donors (Lipinski definition) is 0. The van der Waals surface area contributed by atoms with Crippen molar-refractivity contribution >= 4 is 35.3 Å². The zero-order valence-corrected chi connectivity index (χ0v) is 21.2. The number of aromatic nitrogens is 1. The fraction of sp³-hybridized carbons (Fsp3) is 0.375. The first kappa shape index (κ1) is 24.4. The Kier molecular flexibility index (Phi) is 7.39. The van der Waals surface area contributed by atoms with Crippen LogP contribution in [0.1, 0.15) is 27.0 Å². The van der Waals surface area contributed by atoms with Crippen LogP contribution >= 0.6 is 0 Å². The van der Waals surface area contributed by atoms with Gasteiger partial charge >= 0.3 is 0 Å². The molecule has 0 N–H and O–H groups in total. The molecular weight excluding hydrogens is 442 g/mol. The number of carbonyl (C=O) groups is 1. The molecule has 8 heteroatoms. The highest BCUT2D eigenvalue weighted by Gasteiger charge is 2.22. The standard InChI is InChI=1S/C24H31NO5SSi/c1-18-6-8-21(9-7-18)31(27,28)25-11-10-22-23(15-26)20(14-19(2)24(22)25)16-30-17-29-12-13-32(3,4)5/h6-11,14-15H,12-13,16-17H2,1-5H3. The van der Waals surface area contributed by atoms with E-state index in [0.29, 0.717) is 28.6 Å². The van der Waals surface area contributed by atoms with Crippen molar-refractivity contribution in [2.45, 2.75) is 51.0 Å². The summed E-state index contributed by atoms with van der Waals surface area (Å²) in [6.07, 6.45) is 2.26. The monoisotopic (exact) mass is 473 g/mol. The summed E-state index contributed by atoms with van der Waals surface area (Å²) in [4.78, 5) is 12.1. The van der Waals surface area contributed by atoms with E-state index >= 15 is 0 Å². The van der Waals surface area contributed by atoms with Gasteiger partial charge in [-0.25, -0.2) is 12.4 Å². The number of fused-ring (bicyclic) bond motifs is 1. The van der Waals surface area contributed by atoms with E-state index < -0.39 is 18.1 Å². The third-order valence-electron chi connectivity index (χ3n) is 5.37. The van der Waals surface area contributed by atoms with Gasteiger partial charge in [-0.05, 0) is 49.2 Å². The van der Waals surface area contributed by atoms with Gasteiger partial charge in [0.05, 0.1) is 17.0 Å². The Bertz CT molecular complexity index is 1210. The number of aldehydes is 1. The van der Waals surface area contributed by atoms with Crippen molar-refractivity contribution < 1.29 is 22.7 Å². The van der Waals surface area contributed by atoms with Crippen LogP contribution in [0.4, 0.5) is 0 Å². The molecule has 0 radical (unpaired) electrons. The number of benzene rings is 2. The Hall–Kier alpha value is -2.26. The largest absolute Gasteiger partial charge is 0.356 e. The zero-order valence-electron chi connectivity index (χ0n) is 19.3. The fourth-order valence-corrected chi connectivity index (χ4v) is 5.70. The van der Waals surface area contributed by atoms with E-state index in [-0.39, 0.29) is 18.3 Å². The molecule has 6 nitrogen and oxygen atoms in total. The lowest BCUT2D eigenvalue weighted by Gasteiger charge is -2.16. The molecule has 0 aliphatic heterocycles. The predicted molar refractivity (Wildman–Crippen MR) is 130 cm³/mol. The first-order chi connectivity index (χ1) is 15.0. The molecule has 0 atom stereocenters. The van der Waals surface area contributed by atoms with Crippen molar-refractivity contribution in [3.8, 4) is 0 Å². The molecule has 172 valence electrons. The number of aryl methyl sites for hydroxylation is 2. The van der Waals surface area contributed by atoms with Crippen LogP contribution in [0.15, 0.2) is 47.5 Å². The van der Waals surface area contributed by atoms with Crippen molar-refractivity contribution in [2.75, 3.05) is 13.4 Å². The molecule has 3 aromatic rings. The van der Waals surface area contributed by atoms with Gasteiger partial charge in [-0.2, -0.15) is 0 Å². The summed E-state index contributed by atoms with van der Waals surface area (Å²) in [5.41, 5.74) is 3.39. The molecule has 0 aliphatic carbocycles. The second-order valence-electron chi connectivity index (χ2n) is 9.26. The van der Waals surface area contributed by atoms with Crippen LogP contribution in [-0.4, -0.2) is 40.2 Å². The normalized spacial score (nSPS) is 12.4. The molecule has 2 aromatic carbocycles. The summed E-state index contributed by atoms with van der Waals surface area (Å²) in [6.45, 7) is 11.6. The summed E-state index contributed by atoms with van der Waals surface area (Å²) in [5, 5.41) is 0.592. The van der Waals surface area contributed by atoms with E-state index in [0.717, 1.165) is 23.5 Å². The summed E-state index contributed by atoms with van der Waals surface area (Å²) in [6, 6.07) is 11.3. The molecule has 0 aliphatic rings. The van der Waals surface area contributed by atoms with E-state index in [2.05, 4.69) is 19.6 Å². The molecule has 3 rings (SSSR count). The van der Waals surface area contributed by atoms with Crippen LogP contribution in [0.25, 0.3) is 10.9 Å². The quantitative estimate of drug-likeness (QED) is 0.176. The van der Waals surface area contributed by atoms with Crippen molar-refractivity contribution in [2.24, 2.45) is 0 Å². The Morgan fingerprint density at radius 2 is 1.72 bits per heavy atom. The highest BCUT2D eigenvalue weighted by Crippen LogP contribution is 2.30. The zero-order chi connectivity index (χ0) is 23.5. The average molecular weight is 474 g/mol. The number of carbonyl (C=O) groups excluding carboxylic acids is 1. The lowest BCUT2D eigenvalue weighted by atomic mass is 10.0. The maximum atomic E-state index is 13.2. The molecule has 1 aromatic heterocycles. The molecule has 0 unspecified atom stereocenters. The Labute approximate surface area is 191 Å². The van der Waals surface area contributed by atoms with Crippen molar-refractivity contribution in [1.29, 1.82) is 0 Å². The van der Waals surface area contributed by atoms with Crippen LogP contribution in [0.3, 0.4) is 0 Å². The SMILES string of the molecule is Cc1ccc(S(=O)(=O)n2ccc3c(C=O)c(COCOCC[Si](C)(C)C)cc(C)c32)cc1. The molecule has 0 fully saturated rings. The second-order valence-corrected chi connectivity index (χ2v) is 16.7. The summed E-state index contributed by atoms with van der Waals surface area (Å²) in [5.74, 6) is 0. The molecule has 0 spiro atoms. The van der Waals surface area contributed by atoms with Crippen molar-refractivity contribution in [1.82, 2.24) is 3.97 Å². The highest BCUT2D eigenvalue weighted by molar-refractivity contribution is 7.90. The molecule has 0 bridgehead atoms. The van der Waals surface area contributed by atoms with Crippen LogP contribution in [0.5, 0.6) is 0 Å². The van der Waals surface area contributed by atoms with Crippen molar-refractivity contribution in [3.05, 3.63) is 64.8 Å². The Morgan fingerprint density at radius 1 is 1.03 bits per heavy atom. The molecule has 32 heavy (non-hydrogen) atoms. The number of ether oxygens (including phenoxy) is 2. The average Bonchev–Trinajstić information content (AvgIpc) is 3.17. The smallest absolute Gasteiger partial charge is 0.268 e. The molecule has 0 amide bonds. The minimum Gasteiger partial charge on any atom is -0.356 e. The van der Waals surface area contributed by atoms with Crippen LogP contribution < -0.4 is 0 Å². The number of rotatable bonds is 10. The van der Waals surface area contributed by atoms with Crippen LogP contribution in [0, 0.1) is 13.8 Å². The van der Waals surface area contributed by atoms with Gasteiger partial charge in [0.2, 0.25) is 0 Å². The highest BCUT2D eigenvalue weighted by atomic mass is 32.2. The van der Waals surface area contributed by atoms with Gasteiger partial charge in [0.25, 0.3) is 10.0 Å². The maximum Gasteiger partial charge on any atom is 0.268 e. The molecule has 1 heterocycles. The number of nitrogens with zero attached hydrogens (tertiary/aromatic N) is 1. The van der Waals surface area contributed by atoms with Crippen LogP contribution in [0.2, 0.25) is 25.7 Å². The van der Waals surface area contributed by atoms with Gasteiger partial charge in [0.1, 0.15) is 6.79 Å². The van der Waals surface area contributed by atoms with E-state index in [1.54, 1.807) is 30.3 Å². The minimum absolute atomic E-state index is 0.155. The number of hydrogen-bond acceptors (Lipinski definition) is 5. The topological polar surface area (TPSA) is 74.6 Å². The van der Waals surface area contributed by atoms with Crippen molar-refractivity contribution in [3.63, 3.8) is 0 Å². The summed E-state index contributed by atoms with van der Waals surface area (Å²) >= 11 is 0.